The number of anilines is 1. The second-order valence-electron chi connectivity index (χ2n) is 3.98. The fourth-order valence-corrected chi connectivity index (χ4v) is 2.06. The van der Waals surface area contributed by atoms with Crippen molar-refractivity contribution in [3.8, 4) is 6.07 Å². The SMILES string of the molecule is CN1CCN(c2cccc(Cl)c2C#N)CC1=O. The van der Waals surface area contributed by atoms with Crippen LogP contribution in [0.3, 0.4) is 0 Å². The fraction of sp³-hybridized carbons (Fsp3) is 0.333. The molecule has 1 amide bonds. The minimum absolute atomic E-state index is 0.0557. The van der Waals surface area contributed by atoms with Crippen molar-refractivity contribution in [2.75, 3.05) is 31.6 Å². The van der Waals surface area contributed by atoms with Crippen LogP contribution in [0.1, 0.15) is 5.56 Å². The number of carbonyl (C=O) groups is 1. The highest BCUT2D eigenvalue weighted by Crippen LogP contribution is 2.27. The van der Waals surface area contributed by atoms with Gasteiger partial charge in [0, 0.05) is 20.1 Å². The average molecular weight is 250 g/mol. The number of likely N-dealkylation sites (N-methyl/N-ethyl adjacent to an activating group) is 1. The molecular formula is C12H12ClN3O. The molecular weight excluding hydrogens is 238 g/mol. The maximum atomic E-state index is 11.6. The van der Waals surface area contributed by atoms with Crippen LogP contribution >= 0.6 is 11.6 Å². The molecule has 0 radical (unpaired) electrons. The van der Waals surface area contributed by atoms with Gasteiger partial charge in [-0.1, -0.05) is 17.7 Å². The minimum Gasteiger partial charge on any atom is -0.359 e. The third-order valence-electron chi connectivity index (χ3n) is 2.90. The number of carbonyl (C=O) groups excluding carboxylic acids is 1. The van der Waals surface area contributed by atoms with Crippen LogP contribution in [-0.2, 0) is 4.79 Å². The second-order valence-corrected chi connectivity index (χ2v) is 4.39. The lowest BCUT2D eigenvalue weighted by molar-refractivity contribution is -0.129. The van der Waals surface area contributed by atoms with Crippen LogP contribution < -0.4 is 4.90 Å². The molecule has 0 bridgehead atoms. The van der Waals surface area contributed by atoms with Gasteiger partial charge in [-0.25, -0.2) is 0 Å². The van der Waals surface area contributed by atoms with E-state index in [0.29, 0.717) is 23.7 Å². The molecule has 1 saturated heterocycles. The Labute approximate surface area is 105 Å². The van der Waals surface area contributed by atoms with Crippen molar-refractivity contribution < 1.29 is 4.79 Å². The quantitative estimate of drug-likeness (QED) is 0.758. The number of piperazine rings is 1. The third kappa shape index (κ3) is 2.20. The van der Waals surface area contributed by atoms with Gasteiger partial charge in [-0.15, -0.1) is 0 Å². The summed E-state index contributed by atoms with van der Waals surface area (Å²) in [5, 5.41) is 9.52. The first-order valence-electron chi connectivity index (χ1n) is 5.31. The van der Waals surface area contributed by atoms with E-state index in [4.69, 9.17) is 16.9 Å². The Morgan fingerprint density at radius 3 is 2.82 bits per heavy atom. The number of nitrogens with zero attached hydrogens (tertiary/aromatic N) is 3. The average Bonchev–Trinajstić information content (AvgIpc) is 2.32. The molecule has 2 rings (SSSR count). The summed E-state index contributed by atoms with van der Waals surface area (Å²) < 4.78 is 0. The summed E-state index contributed by atoms with van der Waals surface area (Å²) >= 11 is 5.97. The van der Waals surface area contributed by atoms with Crippen LogP contribution in [0.25, 0.3) is 0 Å². The highest BCUT2D eigenvalue weighted by molar-refractivity contribution is 6.32. The second kappa shape index (κ2) is 4.64. The molecule has 1 aliphatic heterocycles. The van der Waals surface area contributed by atoms with Gasteiger partial charge < -0.3 is 9.80 Å². The first kappa shape index (κ1) is 11.7. The van der Waals surface area contributed by atoms with Crippen molar-refractivity contribution in [2.45, 2.75) is 0 Å². The molecule has 0 aromatic heterocycles. The predicted octanol–water partition coefficient (Wildman–Crippen LogP) is 1.49. The van der Waals surface area contributed by atoms with Gasteiger partial charge in [0.1, 0.15) is 6.07 Å². The lowest BCUT2D eigenvalue weighted by Crippen LogP contribution is -2.48. The molecule has 4 nitrogen and oxygen atoms in total. The van der Waals surface area contributed by atoms with Crippen molar-refractivity contribution in [1.29, 1.82) is 5.26 Å². The highest BCUT2D eigenvalue weighted by Gasteiger charge is 2.23. The van der Waals surface area contributed by atoms with Crippen molar-refractivity contribution in [1.82, 2.24) is 4.90 Å². The summed E-state index contributed by atoms with van der Waals surface area (Å²) in [5.74, 6) is 0.0557. The van der Waals surface area contributed by atoms with Crippen LogP contribution in [-0.4, -0.2) is 37.5 Å². The van der Waals surface area contributed by atoms with E-state index in [1.165, 1.54) is 0 Å². The van der Waals surface area contributed by atoms with E-state index < -0.39 is 0 Å². The number of benzene rings is 1. The molecule has 1 fully saturated rings. The maximum absolute atomic E-state index is 11.6. The molecule has 88 valence electrons. The summed E-state index contributed by atoms with van der Waals surface area (Å²) in [6.45, 7) is 1.68. The minimum atomic E-state index is 0.0557. The molecule has 1 aromatic rings. The summed E-state index contributed by atoms with van der Waals surface area (Å²) in [6.07, 6.45) is 0. The molecule has 5 heteroatoms. The summed E-state index contributed by atoms with van der Waals surface area (Å²) in [4.78, 5) is 15.2. The lowest BCUT2D eigenvalue weighted by Gasteiger charge is -2.34. The Morgan fingerprint density at radius 2 is 2.18 bits per heavy atom. The molecule has 0 aliphatic carbocycles. The Bertz CT molecular complexity index is 495. The summed E-state index contributed by atoms with van der Waals surface area (Å²) in [6, 6.07) is 7.39. The van der Waals surface area contributed by atoms with E-state index in [9.17, 15) is 4.79 Å². The van der Waals surface area contributed by atoms with Crippen molar-refractivity contribution in [3.05, 3.63) is 28.8 Å². The Morgan fingerprint density at radius 1 is 1.41 bits per heavy atom. The molecule has 17 heavy (non-hydrogen) atoms. The standard InChI is InChI=1S/C12H12ClN3O/c1-15-5-6-16(8-12(15)17)11-4-2-3-10(13)9(11)7-14/h2-4H,5-6,8H2,1H3. The van der Waals surface area contributed by atoms with Gasteiger partial charge in [0.2, 0.25) is 5.91 Å². The Hall–Kier alpha value is -1.73. The number of nitriles is 1. The smallest absolute Gasteiger partial charge is 0.241 e. The Kier molecular flexibility index (Phi) is 3.21. The van der Waals surface area contributed by atoms with Crippen LogP contribution in [0, 0.1) is 11.3 Å². The van der Waals surface area contributed by atoms with Crippen LogP contribution in [0.15, 0.2) is 18.2 Å². The topological polar surface area (TPSA) is 47.3 Å². The van der Waals surface area contributed by atoms with E-state index in [1.54, 1.807) is 24.1 Å². The van der Waals surface area contributed by atoms with Crippen molar-refractivity contribution in [2.24, 2.45) is 0 Å². The first-order valence-corrected chi connectivity index (χ1v) is 5.69. The molecule has 1 heterocycles. The summed E-state index contributed by atoms with van der Waals surface area (Å²) in [5.41, 5.74) is 1.17. The fourth-order valence-electron chi connectivity index (χ4n) is 1.85. The zero-order chi connectivity index (χ0) is 12.4. The Balaban J connectivity index is 2.33. The van der Waals surface area contributed by atoms with Crippen molar-refractivity contribution in [3.63, 3.8) is 0 Å². The number of rotatable bonds is 1. The molecule has 0 spiro atoms. The lowest BCUT2D eigenvalue weighted by atomic mass is 10.1. The van der Waals surface area contributed by atoms with Gasteiger partial charge in [0.15, 0.2) is 0 Å². The third-order valence-corrected chi connectivity index (χ3v) is 3.22. The first-order chi connectivity index (χ1) is 8.13. The van der Waals surface area contributed by atoms with E-state index in [0.717, 1.165) is 12.2 Å². The van der Waals surface area contributed by atoms with Gasteiger partial charge >= 0.3 is 0 Å². The van der Waals surface area contributed by atoms with E-state index in [1.807, 2.05) is 11.0 Å². The molecule has 0 N–H and O–H groups in total. The van der Waals surface area contributed by atoms with Gasteiger partial charge in [-0.2, -0.15) is 5.26 Å². The molecule has 0 unspecified atom stereocenters. The van der Waals surface area contributed by atoms with E-state index in [-0.39, 0.29) is 5.91 Å². The van der Waals surface area contributed by atoms with Crippen LogP contribution in [0.4, 0.5) is 5.69 Å². The highest BCUT2D eigenvalue weighted by atomic mass is 35.5. The normalized spacial score (nSPS) is 15.9. The number of halogens is 1. The maximum Gasteiger partial charge on any atom is 0.241 e. The number of amides is 1. The molecule has 0 saturated carbocycles. The molecule has 1 aromatic carbocycles. The van der Waals surface area contributed by atoms with Crippen LogP contribution in [0.5, 0.6) is 0 Å². The van der Waals surface area contributed by atoms with Gasteiger partial charge in [0.05, 0.1) is 22.8 Å². The number of hydrogen-bond donors (Lipinski definition) is 0. The zero-order valence-electron chi connectivity index (χ0n) is 9.48. The summed E-state index contributed by atoms with van der Waals surface area (Å²) in [7, 11) is 1.78. The zero-order valence-corrected chi connectivity index (χ0v) is 10.2. The molecule has 1 aliphatic rings. The van der Waals surface area contributed by atoms with Crippen molar-refractivity contribution >= 4 is 23.2 Å². The van der Waals surface area contributed by atoms with Gasteiger partial charge in [0.25, 0.3) is 0 Å². The monoisotopic (exact) mass is 249 g/mol. The number of hydrogen-bond acceptors (Lipinski definition) is 3. The largest absolute Gasteiger partial charge is 0.359 e. The van der Waals surface area contributed by atoms with Gasteiger partial charge in [-0.3, -0.25) is 4.79 Å². The van der Waals surface area contributed by atoms with E-state index >= 15 is 0 Å². The van der Waals surface area contributed by atoms with E-state index in [2.05, 4.69) is 6.07 Å². The molecule has 0 atom stereocenters. The van der Waals surface area contributed by atoms with Crippen LogP contribution in [0.2, 0.25) is 5.02 Å². The van der Waals surface area contributed by atoms with Gasteiger partial charge in [-0.05, 0) is 12.1 Å². The predicted molar refractivity (Wildman–Crippen MR) is 66.0 cm³/mol.